The van der Waals surface area contributed by atoms with Crippen LogP contribution in [0.1, 0.15) is 42.5 Å². The molecule has 1 aromatic rings. The number of halogens is 2. The van der Waals surface area contributed by atoms with E-state index in [2.05, 4.69) is 0 Å². The van der Waals surface area contributed by atoms with Crippen LogP contribution in [0.3, 0.4) is 0 Å². The second kappa shape index (κ2) is 5.91. The Balaban J connectivity index is 1.83. The molecule has 124 valence electrons. The van der Waals surface area contributed by atoms with Crippen LogP contribution < -0.4 is 0 Å². The molecule has 0 radical (unpaired) electrons. The van der Waals surface area contributed by atoms with Gasteiger partial charge in [0.05, 0.1) is 5.54 Å². The lowest BCUT2D eigenvalue weighted by atomic mass is 9.80. The van der Waals surface area contributed by atoms with Gasteiger partial charge in [0.15, 0.2) is 0 Å². The SMILES string of the molecule is CN1C(=O)CCC[C@@]12CCCN(C(=O)c1cc(F)cc(F)c1)C2. The fraction of sp³-hybridized carbons (Fsp3) is 0.529. The predicted octanol–water partition coefficient (Wildman–Crippen LogP) is 2.58. The summed E-state index contributed by atoms with van der Waals surface area (Å²) in [5, 5.41) is 0. The number of nitrogens with zero attached hydrogens (tertiary/aromatic N) is 2. The molecule has 2 saturated heterocycles. The third-order valence-corrected chi connectivity index (χ3v) is 5.07. The molecule has 0 aromatic heterocycles. The second-order valence-corrected chi connectivity index (χ2v) is 6.52. The highest BCUT2D eigenvalue weighted by Crippen LogP contribution is 2.36. The van der Waals surface area contributed by atoms with Gasteiger partial charge in [0, 0.05) is 38.2 Å². The van der Waals surface area contributed by atoms with Crippen molar-refractivity contribution < 1.29 is 18.4 Å². The molecule has 1 spiro atoms. The maximum Gasteiger partial charge on any atom is 0.254 e. The predicted molar refractivity (Wildman–Crippen MR) is 80.8 cm³/mol. The van der Waals surface area contributed by atoms with Gasteiger partial charge in [-0.1, -0.05) is 0 Å². The summed E-state index contributed by atoms with van der Waals surface area (Å²) in [4.78, 5) is 28.0. The zero-order valence-corrected chi connectivity index (χ0v) is 13.1. The summed E-state index contributed by atoms with van der Waals surface area (Å²) >= 11 is 0. The zero-order valence-electron chi connectivity index (χ0n) is 13.1. The van der Waals surface area contributed by atoms with Crippen molar-refractivity contribution in [2.45, 2.75) is 37.6 Å². The number of hydrogen-bond donors (Lipinski definition) is 0. The molecule has 0 saturated carbocycles. The first-order valence-corrected chi connectivity index (χ1v) is 7.93. The van der Waals surface area contributed by atoms with Crippen molar-refractivity contribution in [2.24, 2.45) is 0 Å². The monoisotopic (exact) mass is 322 g/mol. The Kier molecular flexibility index (Phi) is 4.08. The highest BCUT2D eigenvalue weighted by Gasteiger charge is 2.44. The largest absolute Gasteiger partial charge is 0.338 e. The van der Waals surface area contributed by atoms with E-state index in [0.29, 0.717) is 19.5 Å². The third kappa shape index (κ3) is 2.94. The maximum atomic E-state index is 13.4. The summed E-state index contributed by atoms with van der Waals surface area (Å²) in [6.45, 7) is 0.965. The average Bonchev–Trinajstić information content (AvgIpc) is 2.51. The van der Waals surface area contributed by atoms with Gasteiger partial charge in [-0.2, -0.15) is 0 Å². The molecule has 2 aliphatic rings. The number of amides is 2. The normalized spacial score (nSPS) is 25.1. The van der Waals surface area contributed by atoms with Crippen molar-refractivity contribution in [1.82, 2.24) is 9.80 Å². The van der Waals surface area contributed by atoms with Gasteiger partial charge in [-0.3, -0.25) is 9.59 Å². The first-order valence-electron chi connectivity index (χ1n) is 7.93. The molecule has 0 unspecified atom stereocenters. The Morgan fingerprint density at radius 2 is 1.78 bits per heavy atom. The van der Waals surface area contributed by atoms with E-state index >= 15 is 0 Å². The molecular weight excluding hydrogens is 302 g/mol. The topological polar surface area (TPSA) is 40.6 Å². The van der Waals surface area contributed by atoms with Crippen LogP contribution in [0.2, 0.25) is 0 Å². The lowest BCUT2D eigenvalue weighted by Crippen LogP contribution is -2.61. The first kappa shape index (κ1) is 15.9. The van der Waals surface area contributed by atoms with E-state index in [9.17, 15) is 18.4 Å². The van der Waals surface area contributed by atoms with E-state index in [-0.39, 0.29) is 22.9 Å². The standard InChI is InChI=1S/C17H20F2N2O2/c1-20-15(22)4-2-5-17(20)6-3-7-21(11-17)16(23)12-8-13(18)10-14(19)9-12/h8-10H,2-7,11H2,1H3/t17-/m0/s1. The summed E-state index contributed by atoms with van der Waals surface area (Å²) in [7, 11) is 1.79. The Bertz CT molecular complexity index is 625. The van der Waals surface area contributed by atoms with Crippen LogP contribution in [0.5, 0.6) is 0 Å². The zero-order chi connectivity index (χ0) is 16.6. The fourth-order valence-corrected chi connectivity index (χ4v) is 3.79. The number of carbonyl (C=O) groups is 2. The number of likely N-dealkylation sites (N-methyl/N-ethyl adjacent to an activating group) is 1. The van der Waals surface area contributed by atoms with Crippen molar-refractivity contribution in [3.05, 3.63) is 35.4 Å². The molecule has 2 heterocycles. The number of piperidine rings is 2. The van der Waals surface area contributed by atoms with Crippen molar-refractivity contribution in [3.63, 3.8) is 0 Å². The smallest absolute Gasteiger partial charge is 0.254 e. The van der Waals surface area contributed by atoms with Crippen LogP contribution >= 0.6 is 0 Å². The van der Waals surface area contributed by atoms with E-state index in [1.165, 1.54) is 0 Å². The summed E-state index contributed by atoms with van der Waals surface area (Å²) in [6.07, 6.45) is 3.86. The van der Waals surface area contributed by atoms with Crippen molar-refractivity contribution >= 4 is 11.8 Å². The molecule has 4 nitrogen and oxygen atoms in total. The average molecular weight is 322 g/mol. The lowest BCUT2D eigenvalue weighted by molar-refractivity contribution is -0.142. The Morgan fingerprint density at radius 1 is 1.13 bits per heavy atom. The van der Waals surface area contributed by atoms with Crippen LogP contribution in [0.4, 0.5) is 8.78 Å². The Morgan fingerprint density at radius 3 is 2.48 bits per heavy atom. The number of rotatable bonds is 1. The van der Waals surface area contributed by atoms with Gasteiger partial charge in [-0.25, -0.2) is 8.78 Å². The van der Waals surface area contributed by atoms with Crippen LogP contribution in [0, 0.1) is 11.6 Å². The molecular formula is C17H20F2N2O2. The molecule has 3 rings (SSSR count). The van der Waals surface area contributed by atoms with Crippen LogP contribution in [0.25, 0.3) is 0 Å². The van der Waals surface area contributed by atoms with E-state index in [4.69, 9.17) is 0 Å². The highest BCUT2D eigenvalue weighted by atomic mass is 19.1. The molecule has 1 atom stereocenters. The molecule has 23 heavy (non-hydrogen) atoms. The first-order chi connectivity index (χ1) is 10.9. The molecule has 0 N–H and O–H groups in total. The fourth-order valence-electron chi connectivity index (χ4n) is 3.79. The van der Waals surface area contributed by atoms with E-state index in [0.717, 1.165) is 43.9 Å². The van der Waals surface area contributed by atoms with Gasteiger partial charge in [0.2, 0.25) is 5.91 Å². The van der Waals surface area contributed by atoms with Gasteiger partial charge < -0.3 is 9.80 Å². The van der Waals surface area contributed by atoms with E-state index in [1.54, 1.807) is 16.8 Å². The minimum Gasteiger partial charge on any atom is -0.338 e. The van der Waals surface area contributed by atoms with Gasteiger partial charge in [-0.15, -0.1) is 0 Å². The van der Waals surface area contributed by atoms with Crippen LogP contribution in [0.15, 0.2) is 18.2 Å². The summed E-state index contributed by atoms with van der Waals surface area (Å²) in [5.74, 6) is -1.80. The van der Waals surface area contributed by atoms with E-state index < -0.39 is 11.6 Å². The number of hydrogen-bond acceptors (Lipinski definition) is 2. The van der Waals surface area contributed by atoms with Crippen molar-refractivity contribution in [2.75, 3.05) is 20.1 Å². The summed E-state index contributed by atoms with van der Waals surface area (Å²) < 4.78 is 26.7. The van der Waals surface area contributed by atoms with Gasteiger partial charge >= 0.3 is 0 Å². The molecule has 1 aromatic carbocycles. The van der Waals surface area contributed by atoms with Crippen molar-refractivity contribution in [3.8, 4) is 0 Å². The highest BCUT2D eigenvalue weighted by molar-refractivity contribution is 5.94. The summed E-state index contributed by atoms with van der Waals surface area (Å²) in [6, 6.07) is 2.87. The number of likely N-dealkylation sites (tertiary alicyclic amines) is 2. The molecule has 0 aliphatic carbocycles. The minimum absolute atomic E-state index is 0.0179. The minimum atomic E-state index is -0.759. The molecule has 2 fully saturated rings. The molecule has 2 aliphatic heterocycles. The number of benzene rings is 1. The number of carbonyl (C=O) groups excluding carboxylic acids is 2. The second-order valence-electron chi connectivity index (χ2n) is 6.52. The maximum absolute atomic E-state index is 13.4. The molecule has 6 heteroatoms. The Labute approximate surface area is 134 Å². The van der Waals surface area contributed by atoms with Crippen molar-refractivity contribution in [1.29, 1.82) is 0 Å². The Hall–Kier alpha value is -1.98. The van der Waals surface area contributed by atoms with Gasteiger partial charge in [0.1, 0.15) is 11.6 Å². The summed E-state index contributed by atoms with van der Waals surface area (Å²) in [5.41, 5.74) is -0.320. The van der Waals surface area contributed by atoms with Gasteiger partial charge in [0.25, 0.3) is 5.91 Å². The van der Waals surface area contributed by atoms with E-state index in [1.807, 2.05) is 0 Å². The van der Waals surface area contributed by atoms with Crippen LogP contribution in [-0.4, -0.2) is 47.3 Å². The van der Waals surface area contributed by atoms with Gasteiger partial charge in [-0.05, 0) is 37.8 Å². The molecule has 2 amide bonds. The van der Waals surface area contributed by atoms with Crippen LogP contribution in [-0.2, 0) is 4.79 Å². The third-order valence-electron chi connectivity index (χ3n) is 5.07. The molecule has 0 bridgehead atoms. The quantitative estimate of drug-likeness (QED) is 0.797. The lowest BCUT2D eigenvalue weighted by Gasteiger charge is -2.50.